The van der Waals surface area contributed by atoms with Crippen LogP contribution in [0.5, 0.6) is 0 Å². The van der Waals surface area contributed by atoms with E-state index in [1.165, 1.54) is 22.9 Å². The number of rotatable bonds is 3. The maximum atomic E-state index is 11.3. The van der Waals surface area contributed by atoms with E-state index >= 15 is 0 Å². The lowest BCUT2D eigenvalue weighted by Gasteiger charge is -2.29. The number of ether oxygens (including phenoxy) is 1. The molecule has 1 aliphatic carbocycles. The van der Waals surface area contributed by atoms with Crippen LogP contribution in [0.4, 0.5) is 0 Å². The molecule has 0 aromatic heterocycles. The monoisotopic (exact) mass is 348 g/mol. The average Bonchev–Trinajstić information content (AvgIpc) is 2.83. The lowest BCUT2D eigenvalue weighted by molar-refractivity contribution is -0.145. The molecule has 0 saturated heterocycles. The molecule has 1 fully saturated rings. The minimum absolute atomic E-state index is 0.0580. The molecule has 0 N–H and O–H groups in total. The zero-order chi connectivity index (χ0) is 18.1. The van der Waals surface area contributed by atoms with Crippen LogP contribution in [0.1, 0.15) is 78.9 Å². The highest BCUT2D eigenvalue weighted by Gasteiger charge is 2.32. The van der Waals surface area contributed by atoms with Gasteiger partial charge >= 0.3 is 5.97 Å². The van der Waals surface area contributed by atoms with Gasteiger partial charge in [-0.2, -0.15) is 0 Å². The third-order valence-electron chi connectivity index (χ3n) is 4.64. The lowest BCUT2D eigenvalue weighted by Crippen LogP contribution is -2.23. The molecule has 2 nitrogen and oxygen atoms in total. The molecule has 1 aliphatic rings. The SMILES string of the molecule is CC(=O)O[C@@H]1CCC[C@H]1Sc1ccc(C(C)(C)C)cc1C(C)(C)C. The number of carbonyl (C=O) groups excluding carboxylic acids is 1. The molecular weight excluding hydrogens is 316 g/mol. The van der Waals surface area contributed by atoms with Crippen LogP contribution in [0.25, 0.3) is 0 Å². The van der Waals surface area contributed by atoms with Crippen molar-refractivity contribution < 1.29 is 9.53 Å². The van der Waals surface area contributed by atoms with Crippen molar-refractivity contribution in [2.45, 2.75) is 94.8 Å². The molecule has 1 aromatic carbocycles. The highest BCUT2D eigenvalue weighted by molar-refractivity contribution is 8.00. The highest BCUT2D eigenvalue weighted by Crippen LogP contribution is 2.42. The molecule has 1 aromatic rings. The van der Waals surface area contributed by atoms with Gasteiger partial charge in [-0.15, -0.1) is 11.8 Å². The second kappa shape index (κ2) is 7.11. The van der Waals surface area contributed by atoms with Crippen molar-refractivity contribution in [3.05, 3.63) is 29.3 Å². The Bertz CT molecular complexity index is 593. The van der Waals surface area contributed by atoms with Crippen molar-refractivity contribution in [3.8, 4) is 0 Å². The molecule has 2 atom stereocenters. The van der Waals surface area contributed by atoms with Crippen LogP contribution in [-0.4, -0.2) is 17.3 Å². The maximum Gasteiger partial charge on any atom is 0.302 e. The quantitative estimate of drug-likeness (QED) is 0.640. The summed E-state index contributed by atoms with van der Waals surface area (Å²) in [5, 5.41) is 0.371. The van der Waals surface area contributed by atoms with E-state index in [1.807, 2.05) is 11.8 Å². The van der Waals surface area contributed by atoms with Crippen molar-refractivity contribution >= 4 is 17.7 Å². The third kappa shape index (κ3) is 4.78. The first-order valence-corrected chi connectivity index (χ1v) is 9.85. The van der Waals surface area contributed by atoms with E-state index in [0.717, 1.165) is 19.3 Å². The van der Waals surface area contributed by atoms with Crippen LogP contribution in [0.3, 0.4) is 0 Å². The maximum absolute atomic E-state index is 11.3. The van der Waals surface area contributed by atoms with Crippen molar-refractivity contribution in [2.75, 3.05) is 0 Å². The van der Waals surface area contributed by atoms with E-state index in [4.69, 9.17) is 4.74 Å². The molecule has 0 amide bonds. The van der Waals surface area contributed by atoms with Gasteiger partial charge in [0.05, 0.1) is 0 Å². The van der Waals surface area contributed by atoms with Crippen LogP contribution in [0.15, 0.2) is 23.1 Å². The van der Waals surface area contributed by atoms with Crippen LogP contribution in [0, 0.1) is 0 Å². The van der Waals surface area contributed by atoms with Gasteiger partial charge in [-0.05, 0) is 47.3 Å². The summed E-state index contributed by atoms with van der Waals surface area (Å²) in [6.45, 7) is 15.1. The van der Waals surface area contributed by atoms with E-state index in [1.54, 1.807) is 0 Å². The van der Waals surface area contributed by atoms with E-state index in [2.05, 4.69) is 59.7 Å². The van der Waals surface area contributed by atoms with Crippen LogP contribution < -0.4 is 0 Å². The predicted octanol–water partition coefficient (Wildman–Crippen LogP) is 5.86. The van der Waals surface area contributed by atoms with Crippen molar-refractivity contribution in [1.82, 2.24) is 0 Å². The summed E-state index contributed by atoms with van der Waals surface area (Å²) in [5.74, 6) is -0.161. The molecule has 2 rings (SSSR count). The summed E-state index contributed by atoms with van der Waals surface area (Å²) < 4.78 is 5.54. The number of hydrogen-bond donors (Lipinski definition) is 0. The second-order valence-electron chi connectivity index (χ2n) is 8.95. The Hall–Kier alpha value is -0.960. The number of carbonyl (C=O) groups is 1. The highest BCUT2D eigenvalue weighted by atomic mass is 32.2. The zero-order valence-electron chi connectivity index (χ0n) is 16.2. The number of benzene rings is 1. The summed E-state index contributed by atoms with van der Waals surface area (Å²) in [4.78, 5) is 12.7. The van der Waals surface area contributed by atoms with Gasteiger partial charge in [-0.1, -0.05) is 53.7 Å². The van der Waals surface area contributed by atoms with Gasteiger partial charge < -0.3 is 4.74 Å². The normalized spacial score (nSPS) is 21.8. The second-order valence-corrected chi connectivity index (χ2v) is 10.2. The minimum atomic E-state index is -0.161. The fourth-order valence-corrected chi connectivity index (χ4v) is 4.82. The van der Waals surface area contributed by atoms with E-state index in [-0.39, 0.29) is 22.9 Å². The Labute approximate surface area is 151 Å². The Morgan fingerprint density at radius 3 is 2.29 bits per heavy atom. The molecule has 0 bridgehead atoms. The molecular formula is C21H32O2S. The summed E-state index contributed by atoms with van der Waals surface area (Å²) >= 11 is 1.90. The van der Waals surface area contributed by atoms with Crippen LogP contribution >= 0.6 is 11.8 Å². The fraction of sp³-hybridized carbons (Fsp3) is 0.667. The summed E-state index contributed by atoms with van der Waals surface area (Å²) in [6.07, 6.45) is 3.30. The topological polar surface area (TPSA) is 26.3 Å². The largest absolute Gasteiger partial charge is 0.461 e. The molecule has 0 spiro atoms. The first-order valence-electron chi connectivity index (χ1n) is 8.97. The summed E-state index contributed by atoms with van der Waals surface area (Å²) in [7, 11) is 0. The number of hydrogen-bond acceptors (Lipinski definition) is 3. The molecule has 1 saturated carbocycles. The van der Waals surface area contributed by atoms with Crippen LogP contribution in [-0.2, 0) is 20.4 Å². The summed E-state index contributed by atoms with van der Waals surface area (Å²) in [5.41, 5.74) is 3.02. The fourth-order valence-electron chi connectivity index (χ4n) is 3.22. The van der Waals surface area contributed by atoms with E-state index in [9.17, 15) is 4.79 Å². The average molecular weight is 349 g/mol. The molecule has 24 heavy (non-hydrogen) atoms. The molecule has 0 unspecified atom stereocenters. The van der Waals surface area contributed by atoms with E-state index < -0.39 is 0 Å². The van der Waals surface area contributed by atoms with Crippen LogP contribution in [0.2, 0.25) is 0 Å². The number of thioether (sulfide) groups is 1. The predicted molar refractivity (Wildman–Crippen MR) is 103 cm³/mol. The van der Waals surface area contributed by atoms with Gasteiger partial charge in [0.25, 0.3) is 0 Å². The van der Waals surface area contributed by atoms with Gasteiger partial charge in [-0.3, -0.25) is 4.79 Å². The Balaban J connectivity index is 2.31. The first-order chi connectivity index (χ1) is 11.0. The summed E-state index contributed by atoms with van der Waals surface area (Å²) in [6, 6.07) is 6.90. The van der Waals surface area contributed by atoms with Crippen molar-refractivity contribution in [3.63, 3.8) is 0 Å². The van der Waals surface area contributed by atoms with Gasteiger partial charge in [0.15, 0.2) is 0 Å². The molecule has 0 heterocycles. The van der Waals surface area contributed by atoms with E-state index in [0.29, 0.717) is 5.25 Å². The van der Waals surface area contributed by atoms with Gasteiger partial charge in [-0.25, -0.2) is 0 Å². The molecule has 0 aliphatic heterocycles. The minimum Gasteiger partial charge on any atom is -0.461 e. The first kappa shape index (κ1) is 19.4. The number of esters is 1. The van der Waals surface area contributed by atoms with Gasteiger partial charge in [0, 0.05) is 17.1 Å². The Kier molecular flexibility index (Phi) is 5.74. The molecule has 3 heteroatoms. The molecule has 0 radical (unpaired) electrons. The van der Waals surface area contributed by atoms with Crippen molar-refractivity contribution in [2.24, 2.45) is 0 Å². The van der Waals surface area contributed by atoms with Gasteiger partial charge in [0.1, 0.15) is 6.10 Å². The standard InChI is InChI=1S/C21H32O2S/c1-14(22)23-17-9-8-10-19(17)24-18-12-11-15(20(2,3)4)13-16(18)21(5,6)7/h11-13,17,19H,8-10H2,1-7H3/t17-,19-/m1/s1. The lowest BCUT2D eigenvalue weighted by atomic mass is 9.81. The Morgan fingerprint density at radius 2 is 1.75 bits per heavy atom. The smallest absolute Gasteiger partial charge is 0.302 e. The Morgan fingerprint density at radius 1 is 1.08 bits per heavy atom. The molecule has 134 valence electrons. The van der Waals surface area contributed by atoms with Gasteiger partial charge in [0.2, 0.25) is 0 Å². The van der Waals surface area contributed by atoms with Crippen molar-refractivity contribution in [1.29, 1.82) is 0 Å². The third-order valence-corrected chi connectivity index (χ3v) is 6.09. The zero-order valence-corrected chi connectivity index (χ0v) is 17.0.